The molecule has 2 rings (SSSR count). The van der Waals surface area contributed by atoms with Crippen molar-refractivity contribution in [3.8, 4) is 5.75 Å². The number of nitrogens with one attached hydrogen (secondary N) is 1. The molecule has 6 nitrogen and oxygen atoms in total. The van der Waals surface area contributed by atoms with Crippen LogP contribution in [0.5, 0.6) is 5.75 Å². The summed E-state index contributed by atoms with van der Waals surface area (Å²) < 4.78 is 10.2. The molecule has 1 fully saturated rings. The lowest BCUT2D eigenvalue weighted by molar-refractivity contribution is -0.149. The van der Waals surface area contributed by atoms with E-state index < -0.39 is 5.97 Å². The predicted octanol–water partition coefficient (Wildman–Crippen LogP) is 0.859. The molecule has 0 aromatic heterocycles. The van der Waals surface area contributed by atoms with E-state index in [1.54, 1.807) is 24.3 Å². The molecule has 108 valence electrons. The van der Waals surface area contributed by atoms with Crippen LogP contribution in [0.15, 0.2) is 24.3 Å². The van der Waals surface area contributed by atoms with E-state index in [-0.39, 0.29) is 31.6 Å². The predicted molar refractivity (Wildman–Crippen MR) is 73.1 cm³/mol. The van der Waals surface area contributed by atoms with Gasteiger partial charge in [0.15, 0.2) is 6.61 Å². The first kappa shape index (κ1) is 14.2. The van der Waals surface area contributed by atoms with Crippen LogP contribution in [0, 0.1) is 0 Å². The van der Waals surface area contributed by atoms with E-state index in [4.69, 9.17) is 15.2 Å². The lowest BCUT2D eigenvalue weighted by Crippen LogP contribution is -2.30. The maximum absolute atomic E-state index is 11.4. The molecular weight excluding hydrogens is 260 g/mol. The SMILES string of the molecule is Nc1cccc(OCCC(=O)OCC(=O)NC2CC2)c1. The zero-order valence-corrected chi connectivity index (χ0v) is 11.1. The zero-order valence-electron chi connectivity index (χ0n) is 11.1. The van der Waals surface area contributed by atoms with Gasteiger partial charge in [-0.1, -0.05) is 6.07 Å². The lowest BCUT2D eigenvalue weighted by atomic mass is 10.3. The number of carbonyl (C=O) groups excluding carboxylic acids is 2. The molecule has 3 N–H and O–H groups in total. The summed E-state index contributed by atoms with van der Waals surface area (Å²) in [4.78, 5) is 22.7. The molecule has 0 saturated heterocycles. The normalized spacial score (nSPS) is 13.6. The molecule has 1 aliphatic carbocycles. The molecule has 0 heterocycles. The number of carbonyl (C=O) groups is 2. The second kappa shape index (κ2) is 6.79. The zero-order chi connectivity index (χ0) is 14.4. The second-order valence-electron chi connectivity index (χ2n) is 4.67. The molecule has 0 aliphatic heterocycles. The Balaban J connectivity index is 1.58. The van der Waals surface area contributed by atoms with Gasteiger partial charge in [-0.05, 0) is 25.0 Å². The average molecular weight is 278 g/mol. The summed E-state index contributed by atoms with van der Waals surface area (Å²) in [5.41, 5.74) is 6.20. The first-order valence-electron chi connectivity index (χ1n) is 6.57. The Bertz CT molecular complexity index is 486. The van der Waals surface area contributed by atoms with Crippen molar-refractivity contribution >= 4 is 17.6 Å². The van der Waals surface area contributed by atoms with Crippen molar-refractivity contribution in [2.45, 2.75) is 25.3 Å². The van der Waals surface area contributed by atoms with Gasteiger partial charge in [-0.25, -0.2) is 0 Å². The van der Waals surface area contributed by atoms with Crippen LogP contribution in [-0.2, 0) is 14.3 Å². The highest BCUT2D eigenvalue weighted by Crippen LogP contribution is 2.18. The minimum atomic E-state index is -0.458. The summed E-state index contributed by atoms with van der Waals surface area (Å²) in [6.45, 7) is -0.0415. The molecule has 1 amide bonds. The molecule has 0 bridgehead atoms. The summed E-state index contributed by atoms with van der Waals surface area (Å²) in [6, 6.07) is 7.22. The number of esters is 1. The largest absolute Gasteiger partial charge is 0.493 e. The number of nitrogens with two attached hydrogens (primary N) is 1. The highest BCUT2D eigenvalue weighted by atomic mass is 16.5. The van der Waals surface area contributed by atoms with Crippen molar-refractivity contribution in [1.82, 2.24) is 5.32 Å². The fraction of sp³-hybridized carbons (Fsp3) is 0.429. The Morgan fingerprint density at radius 2 is 2.15 bits per heavy atom. The maximum Gasteiger partial charge on any atom is 0.309 e. The van der Waals surface area contributed by atoms with Crippen LogP contribution in [0.25, 0.3) is 0 Å². The molecule has 1 aromatic carbocycles. The molecule has 0 radical (unpaired) electrons. The second-order valence-corrected chi connectivity index (χ2v) is 4.67. The summed E-state index contributed by atoms with van der Waals surface area (Å²) in [6.07, 6.45) is 2.10. The Hall–Kier alpha value is -2.24. The minimum Gasteiger partial charge on any atom is -0.493 e. The number of ether oxygens (including phenoxy) is 2. The first-order valence-corrected chi connectivity index (χ1v) is 6.57. The van der Waals surface area contributed by atoms with Crippen molar-refractivity contribution in [2.24, 2.45) is 0 Å². The van der Waals surface area contributed by atoms with Crippen molar-refractivity contribution in [1.29, 1.82) is 0 Å². The summed E-state index contributed by atoms with van der Waals surface area (Å²) >= 11 is 0. The van der Waals surface area contributed by atoms with Crippen molar-refractivity contribution in [3.63, 3.8) is 0 Å². The van der Waals surface area contributed by atoms with E-state index in [1.807, 2.05) is 0 Å². The fourth-order valence-electron chi connectivity index (χ4n) is 1.57. The topological polar surface area (TPSA) is 90.7 Å². The van der Waals surface area contributed by atoms with Gasteiger partial charge in [0.1, 0.15) is 5.75 Å². The summed E-state index contributed by atoms with van der Waals surface area (Å²) in [7, 11) is 0. The van der Waals surface area contributed by atoms with Crippen LogP contribution in [0.4, 0.5) is 5.69 Å². The number of amides is 1. The fourth-order valence-corrected chi connectivity index (χ4v) is 1.57. The van der Waals surface area contributed by atoms with Gasteiger partial charge in [-0.15, -0.1) is 0 Å². The molecule has 0 spiro atoms. The third-order valence-corrected chi connectivity index (χ3v) is 2.74. The molecule has 20 heavy (non-hydrogen) atoms. The number of benzene rings is 1. The van der Waals surface area contributed by atoms with Gasteiger partial charge in [0.25, 0.3) is 5.91 Å². The third-order valence-electron chi connectivity index (χ3n) is 2.74. The van der Waals surface area contributed by atoms with E-state index in [2.05, 4.69) is 5.32 Å². The van der Waals surface area contributed by atoms with Crippen LogP contribution in [-0.4, -0.2) is 31.1 Å². The highest BCUT2D eigenvalue weighted by molar-refractivity contribution is 5.80. The molecule has 0 atom stereocenters. The van der Waals surface area contributed by atoms with Gasteiger partial charge < -0.3 is 20.5 Å². The number of hydrogen-bond donors (Lipinski definition) is 2. The van der Waals surface area contributed by atoms with E-state index in [1.165, 1.54) is 0 Å². The number of anilines is 1. The number of hydrogen-bond acceptors (Lipinski definition) is 5. The highest BCUT2D eigenvalue weighted by Gasteiger charge is 2.23. The van der Waals surface area contributed by atoms with Crippen molar-refractivity contribution in [3.05, 3.63) is 24.3 Å². The average Bonchev–Trinajstić information content (AvgIpc) is 3.20. The van der Waals surface area contributed by atoms with Gasteiger partial charge in [-0.3, -0.25) is 9.59 Å². The summed E-state index contributed by atoms with van der Waals surface area (Å²) in [5.74, 6) is -0.110. The quantitative estimate of drug-likeness (QED) is 0.570. The number of nitrogen functional groups attached to an aromatic ring is 1. The van der Waals surface area contributed by atoms with Crippen LogP contribution >= 0.6 is 0 Å². The van der Waals surface area contributed by atoms with Gasteiger partial charge in [0, 0.05) is 17.8 Å². The van der Waals surface area contributed by atoms with Gasteiger partial charge in [0.2, 0.25) is 0 Å². The summed E-state index contributed by atoms with van der Waals surface area (Å²) in [5, 5.41) is 2.74. The molecule has 6 heteroatoms. The van der Waals surface area contributed by atoms with E-state index in [9.17, 15) is 9.59 Å². The standard InChI is InChI=1S/C14H18N2O4/c15-10-2-1-3-12(8-10)19-7-6-14(18)20-9-13(17)16-11-4-5-11/h1-3,8,11H,4-7,9,15H2,(H,16,17). The van der Waals surface area contributed by atoms with Crippen LogP contribution in [0.2, 0.25) is 0 Å². The van der Waals surface area contributed by atoms with Crippen molar-refractivity contribution < 1.29 is 19.1 Å². The van der Waals surface area contributed by atoms with Gasteiger partial charge in [-0.2, -0.15) is 0 Å². The first-order chi connectivity index (χ1) is 9.63. The van der Waals surface area contributed by atoms with Gasteiger partial charge in [0.05, 0.1) is 13.0 Å². The van der Waals surface area contributed by atoms with Crippen LogP contribution in [0.1, 0.15) is 19.3 Å². The van der Waals surface area contributed by atoms with Crippen molar-refractivity contribution in [2.75, 3.05) is 18.9 Å². The van der Waals surface area contributed by atoms with E-state index in [0.717, 1.165) is 12.8 Å². The van der Waals surface area contributed by atoms with E-state index in [0.29, 0.717) is 11.4 Å². The monoisotopic (exact) mass is 278 g/mol. The molecule has 1 aromatic rings. The smallest absolute Gasteiger partial charge is 0.309 e. The maximum atomic E-state index is 11.4. The molecule has 1 saturated carbocycles. The van der Waals surface area contributed by atoms with Crippen LogP contribution < -0.4 is 15.8 Å². The Morgan fingerprint density at radius 1 is 1.35 bits per heavy atom. The molecule has 1 aliphatic rings. The number of rotatable bonds is 7. The van der Waals surface area contributed by atoms with Crippen LogP contribution in [0.3, 0.4) is 0 Å². The lowest BCUT2D eigenvalue weighted by Gasteiger charge is -2.07. The Kier molecular flexibility index (Phi) is 4.81. The third kappa shape index (κ3) is 5.17. The Labute approximate surface area is 117 Å². The molecular formula is C14H18N2O4. The van der Waals surface area contributed by atoms with E-state index >= 15 is 0 Å². The minimum absolute atomic E-state index is 0.0888. The Morgan fingerprint density at radius 3 is 2.85 bits per heavy atom. The molecule has 0 unspecified atom stereocenters. The van der Waals surface area contributed by atoms with Gasteiger partial charge >= 0.3 is 5.97 Å².